The fraction of sp³-hybridized carbons (Fsp3) is 0.364. The first kappa shape index (κ1) is 18.5. The van der Waals surface area contributed by atoms with Crippen LogP contribution in [-0.2, 0) is 11.2 Å². The number of urea groups is 1. The van der Waals surface area contributed by atoms with E-state index in [4.69, 9.17) is 5.73 Å². The van der Waals surface area contributed by atoms with E-state index in [2.05, 4.69) is 5.32 Å². The van der Waals surface area contributed by atoms with Crippen LogP contribution in [0.15, 0.2) is 54.6 Å². The Kier molecular flexibility index (Phi) is 5.30. The van der Waals surface area contributed by atoms with Gasteiger partial charge in [0.25, 0.3) is 0 Å². The number of nitrogens with zero attached hydrogens (tertiary/aromatic N) is 2. The highest BCUT2D eigenvalue weighted by atomic mass is 16.2. The normalized spacial score (nSPS) is 17.7. The van der Waals surface area contributed by atoms with E-state index in [9.17, 15) is 9.59 Å². The third-order valence-corrected chi connectivity index (χ3v) is 5.35. The molecule has 1 saturated carbocycles. The van der Waals surface area contributed by atoms with Crippen molar-refractivity contribution in [1.29, 1.82) is 0 Å². The summed E-state index contributed by atoms with van der Waals surface area (Å²) >= 11 is 0. The molecule has 0 unspecified atom stereocenters. The summed E-state index contributed by atoms with van der Waals surface area (Å²) in [6, 6.07) is 16.5. The molecule has 146 valence electrons. The van der Waals surface area contributed by atoms with E-state index in [1.54, 1.807) is 0 Å². The first-order chi connectivity index (χ1) is 13.6. The average molecular weight is 378 g/mol. The summed E-state index contributed by atoms with van der Waals surface area (Å²) in [4.78, 5) is 28.6. The van der Waals surface area contributed by atoms with Crippen LogP contribution in [0, 0.1) is 5.92 Å². The second-order valence-electron chi connectivity index (χ2n) is 7.66. The maximum Gasteiger partial charge on any atom is 0.324 e. The van der Waals surface area contributed by atoms with Crippen LogP contribution in [0.1, 0.15) is 18.4 Å². The van der Waals surface area contributed by atoms with Crippen molar-refractivity contribution in [3.63, 3.8) is 0 Å². The number of carbonyl (C=O) groups excluding carboxylic acids is 2. The summed E-state index contributed by atoms with van der Waals surface area (Å²) in [5, 5.41) is 2.83. The van der Waals surface area contributed by atoms with Crippen molar-refractivity contribution in [2.75, 3.05) is 29.9 Å². The number of nitrogens with one attached hydrogen (secondary N) is 1. The predicted molar refractivity (Wildman–Crippen MR) is 110 cm³/mol. The number of hydrogen-bond donors (Lipinski definition) is 2. The van der Waals surface area contributed by atoms with Crippen LogP contribution in [-0.4, -0.2) is 42.5 Å². The molecule has 1 aliphatic carbocycles. The molecule has 2 aromatic rings. The standard InChI is InChI=1S/C22H26N4O2/c23-20(21(27)24-18-4-2-1-3-5-18)14-16-8-10-19(11-9-16)26-13-12-25(22(26)28)15-17-6-7-17/h1-5,8-11,17,20H,6-7,12-15,23H2,(H,24,27)/t20-/m0/s1. The van der Waals surface area contributed by atoms with Crippen molar-refractivity contribution >= 4 is 23.3 Å². The SMILES string of the molecule is N[C@@H](Cc1ccc(N2CCN(CC3CC3)C2=O)cc1)C(=O)Nc1ccccc1. The summed E-state index contributed by atoms with van der Waals surface area (Å²) in [7, 11) is 0. The van der Waals surface area contributed by atoms with Crippen LogP contribution in [0.3, 0.4) is 0 Å². The maximum atomic E-state index is 12.6. The zero-order valence-corrected chi connectivity index (χ0v) is 15.9. The summed E-state index contributed by atoms with van der Waals surface area (Å²) in [5.41, 5.74) is 8.67. The van der Waals surface area contributed by atoms with E-state index in [-0.39, 0.29) is 11.9 Å². The van der Waals surface area contributed by atoms with Crippen LogP contribution in [0.4, 0.5) is 16.2 Å². The zero-order valence-electron chi connectivity index (χ0n) is 15.9. The number of para-hydroxylation sites is 1. The maximum absolute atomic E-state index is 12.6. The van der Waals surface area contributed by atoms with Gasteiger partial charge in [-0.05, 0) is 55.0 Å². The Hall–Kier alpha value is -2.86. The third kappa shape index (κ3) is 4.34. The Labute approximate surface area is 165 Å². The van der Waals surface area contributed by atoms with E-state index < -0.39 is 6.04 Å². The lowest BCUT2D eigenvalue weighted by molar-refractivity contribution is -0.117. The smallest absolute Gasteiger partial charge is 0.324 e. The lowest BCUT2D eigenvalue weighted by Crippen LogP contribution is -2.37. The van der Waals surface area contributed by atoms with Crippen LogP contribution >= 0.6 is 0 Å². The molecule has 1 aliphatic heterocycles. The van der Waals surface area contributed by atoms with Gasteiger partial charge in [-0.15, -0.1) is 0 Å². The first-order valence-electron chi connectivity index (χ1n) is 9.87. The number of nitrogens with two attached hydrogens (primary N) is 1. The van der Waals surface area contributed by atoms with E-state index in [1.807, 2.05) is 64.4 Å². The Morgan fingerprint density at radius 1 is 1.07 bits per heavy atom. The van der Waals surface area contributed by atoms with E-state index >= 15 is 0 Å². The molecule has 6 nitrogen and oxygen atoms in total. The summed E-state index contributed by atoms with van der Waals surface area (Å²) in [6.07, 6.45) is 2.94. The number of hydrogen-bond acceptors (Lipinski definition) is 3. The molecule has 28 heavy (non-hydrogen) atoms. The second kappa shape index (κ2) is 8.02. The highest BCUT2D eigenvalue weighted by molar-refractivity contribution is 5.95. The highest BCUT2D eigenvalue weighted by Gasteiger charge is 2.33. The fourth-order valence-electron chi connectivity index (χ4n) is 3.52. The number of benzene rings is 2. The molecule has 0 aromatic heterocycles. The summed E-state index contributed by atoms with van der Waals surface area (Å²) < 4.78 is 0. The first-order valence-corrected chi connectivity index (χ1v) is 9.87. The summed E-state index contributed by atoms with van der Waals surface area (Å²) in [5.74, 6) is 0.496. The fourth-order valence-corrected chi connectivity index (χ4v) is 3.52. The number of carbonyl (C=O) groups is 2. The molecule has 0 radical (unpaired) electrons. The Morgan fingerprint density at radius 2 is 1.79 bits per heavy atom. The van der Waals surface area contributed by atoms with Crippen LogP contribution in [0.25, 0.3) is 0 Å². The van der Waals surface area contributed by atoms with Crippen LogP contribution in [0.2, 0.25) is 0 Å². The molecule has 2 aliphatic rings. The topological polar surface area (TPSA) is 78.7 Å². The van der Waals surface area contributed by atoms with Gasteiger partial charge in [-0.25, -0.2) is 4.79 Å². The van der Waals surface area contributed by atoms with Gasteiger partial charge in [-0.1, -0.05) is 30.3 Å². The summed E-state index contributed by atoms with van der Waals surface area (Å²) in [6.45, 7) is 2.41. The number of rotatable bonds is 7. The Bertz CT molecular complexity index is 833. The number of amides is 3. The van der Waals surface area contributed by atoms with Crippen LogP contribution < -0.4 is 16.0 Å². The van der Waals surface area contributed by atoms with E-state index in [0.717, 1.165) is 36.6 Å². The quantitative estimate of drug-likeness (QED) is 0.778. The molecule has 6 heteroatoms. The molecule has 1 heterocycles. The van der Waals surface area contributed by atoms with E-state index in [1.165, 1.54) is 12.8 Å². The van der Waals surface area contributed by atoms with Gasteiger partial charge >= 0.3 is 6.03 Å². The molecular weight excluding hydrogens is 352 g/mol. The van der Waals surface area contributed by atoms with Crippen molar-refractivity contribution in [2.45, 2.75) is 25.3 Å². The van der Waals surface area contributed by atoms with Crippen molar-refractivity contribution in [3.8, 4) is 0 Å². The molecular formula is C22H26N4O2. The molecule has 2 fully saturated rings. The zero-order chi connectivity index (χ0) is 19.5. The van der Waals surface area contributed by atoms with Gasteiger partial charge in [-0.3, -0.25) is 9.69 Å². The van der Waals surface area contributed by atoms with Gasteiger partial charge in [0, 0.05) is 31.0 Å². The van der Waals surface area contributed by atoms with Gasteiger partial charge in [0.2, 0.25) is 5.91 Å². The Morgan fingerprint density at radius 3 is 2.46 bits per heavy atom. The van der Waals surface area contributed by atoms with Gasteiger partial charge in [0.1, 0.15) is 0 Å². The van der Waals surface area contributed by atoms with Gasteiger partial charge in [0.05, 0.1) is 6.04 Å². The molecule has 0 spiro atoms. The van der Waals surface area contributed by atoms with E-state index in [0.29, 0.717) is 12.3 Å². The number of anilines is 2. The van der Waals surface area contributed by atoms with Crippen molar-refractivity contribution in [3.05, 3.63) is 60.2 Å². The molecule has 3 amide bonds. The molecule has 0 bridgehead atoms. The monoisotopic (exact) mass is 378 g/mol. The molecule has 1 saturated heterocycles. The second-order valence-corrected chi connectivity index (χ2v) is 7.66. The minimum Gasteiger partial charge on any atom is -0.325 e. The molecule has 2 aromatic carbocycles. The van der Waals surface area contributed by atoms with Gasteiger partial charge < -0.3 is 16.0 Å². The van der Waals surface area contributed by atoms with Crippen molar-refractivity contribution in [1.82, 2.24) is 4.90 Å². The van der Waals surface area contributed by atoms with Crippen LogP contribution in [0.5, 0.6) is 0 Å². The van der Waals surface area contributed by atoms with Crippen molar-refractivity contribution < 1.29 is 9.59 Å². The molecule has 4 rings (SSSR count). The molecule has 3 N–H and O–H groups in total. The molecule has 1 atom stereocenters. The average Bonchev–Trinajstić information content (AvgIpc) is 3.46. The van der Waals surface area contributed by atoms with Gasteiger partial charge in [-0.2, -0.15) is 0 Å². The van der Waals surface area contributed by atoms with Gasteiger partial charge in [0.15, 0.2) is 0 Å². The third-order valence-electron chi connectivity index (χ3n) is 5.35. The predicted octanol–water partition coefficient (Wildman–Crippen LogP) is 2.85. The largest absolute Gasteiger partial charge is 0.325 e. The highest BCUT2D eigenvalue weighted by Crippen LogP contribution is 2.31. The van der Waals surface area contributed by atoms with Crippen molar-refractivity contribution in [2.24, 2.45) is 11.7 Å². The lowest BCUT2D eigenvalue weighted by Gasteiger charge is -2.19. The lowest BCUT2D eigenvalue weighted by atomic mass is 10.1. The minimum absolute atomic E-state index is 0.0959. The Balaban J connectivity index is 1.33. The minimum atomic E-state index is -0.631.